The molecule has 0 radical (unpaired) electrons. The van der Waals surface area contributed by atoms with Gasteiger partial charge in [0.15, 0.2) is 0 Å². The Morgan fingerprint density at radius 3 is 2.74 bits per heavy atom. The number of aryl methyl sites for hydroxylation is 1. The highest BCUT2D eigenvalue weighted by atomic mass is 35.5. The maximum Gasteiger partial charge on any atom is 0.123 e. The van der Waals surface area contributed by atoms with E-state index in [4.69, 9.17) is 16.9 Å². The van der Waals surface area contributed by atoms with Crippen LogP contribution in [0.5, 0.6) is 0 Å². The molecule has 0 bridgehead atoms. The summed E-state index contributed by atoms with van der Waals surface area (Å²) in [6.07, 6.45) is 0. The molecular weight excluding hydrogens is 263 g/mol. The van der Waals surface area contributed by atoms with Gasteiger partial charge >= 0.3 is 0 Å². The monoisotopic (exact) mass is 274 g/mol. The molecular formula is C15H12ClFN2. The number of benzene rings is 2. The molecule has 0 aliphatic heterocycles. The Morgan fingerprint density at radius 1 is 1.26 bits per heavy atom. The molecule has 0 aliphatic rings. The van der Waals surface area contributed by atoms with Crippen LogP contribution in [0.25, 0.3) is 0 Å². The molecule has 0 spiro atoms. The number of nitrogens with one attached hydrogen (secondary N) is 1. The van der Waals surface area contributed by atoms with Gasteiger partial charge in [0, 0.05) is 12.2 Å². The summed E-state index contributed by atoms with van der Waals surface area (Å²) in [6, 6.07) is 11.8. The first-order valence-corrected chi connectivity index (χ1v) is 6.16. The highest BCUT2D eigenvalue weighted by Gasteiger charge is 2.03. The Hall–Kier alpha value is -2.05. The number of hydrogen-bond donors (Lipinski definition) is 1. The molecule has 19 heavy (non-hydrogen) atoms. The van der Waals surface area contributed by atoms with Gasteiger partial charge in [-0.25, -0.2) is 4.39 Å². The van der Waals surface area contributed by atoms with E-state index in [-0.39, 0.29) is 5.82 Å². The second kappa shape index (κ2) is 5.73. The summed E-state index contributed by atoms with van der Waals surface area (Å²) in [5, 5.41) is 12.4. The number of anilines is 1. The standard InChI is InChI=1S/C15H12ClFN2/c1-10-2-4-13(17)6-12(10)9-19-14-5-3-11(8-18)15(16)7-14/h2-7,19H,9H2,1H3. The molecule has 0 amide bonds. The molecule has 2 nitrogen and oxygen atoms in total. The van der Waals surface area contributed by atoms with Crippen molar-refractivity contribution in [3.05, 3.63) is 63.9 Å². The predicted octanol–water partition coefficient (Wildman–Crippen LogP) is 4.27. The van der Waals surface area contributed by atoms with E-state index in [0.717, 1.165) is 16.8 Å². The zero-order valence-corrected chi connectivity index (χ0v) is 11.1. The summed E-state index contributed by atoms with van der Waals surface area (Å²) in [5.41, 5.74) is 3.15. The van der Waals surface area contributed by atoms with E-state index >= 15 is 0 Å². The zero-order valence-electron chi connectivity index (χ0n) is 10.4. The minimum atomic E-state index is -0.250. The van der Waals surface area contributed by atoms with Crippen molar-refractivity contribution in [1.82, 2.24) is 0 Å². The minimum Gasteiger partial charge on any atom is -0.381 e. The molecule has 0 atom stereocenters. The maximum absolute atomic E-state index is 13.2. The predicted molar refractivity (Wildman–Crippen MR) is 74.6 cm³/mol. The molecule has 2 aromatic rings. The fraction of sp³-hybridized carbons (Fsp3) is 0.133. The summed E-state index contributed by atoms with van der Waals surface area (Å²) >= 11 is 5.95. The van der Waals surface area contributed by atoms with E-state index in [1.165, 1.54) is 12.1 Å². The van der Waals surface area contributed by atoms with Gasteiger partial charge in [-0.15, -0.1) is 0 Å². The Bertz CT molecular complexity index is 647. The van der Waals surface area contributed by atoms with E-state index < -0.39 is 0 Å². The van der Waals surface area contributed by atoms with Gasteiger partial charge in [-0.05, 0) is 48.4 Å². The number of halogens is 2. The van der Waals surface area contributed by atoms with Crippen LogP contribution in [-0.2, 0) is 6.54 Å². The largest absolute Gasteiger partial charge is 0.381 e. The molecule has 0 unspecified atom stereocenters. The van der Waals surface area contributed by atoms with Crippen LogP contribution in [0.3, 0.4) is 0 Å². The van der Waals surface area contributed by atoms with Crippen LogP contribution in [0, 0.1) is 24.1 Å². The van der Waals surface area contributed by atoms with Crippen LogP contribution < -0.4 is 5.32 Å². The number of rotatable bonds is 3. The fourth-order valence-electron chi connectivity index (χ4n) is 1.74. The van der Waals surface area contributed by atoms with Gasteiger partial charge in [0.1, 0.15) is 11.9 Å². The Balaban J connectivity index is 2.13. The molecule has 2 aromatic carbocycles. The van der Waals surface area contributed by atoms with Crippen LogP contribution in [-0.4, -0.2) is 0 Å². The van der Waals surface area contributed by atoms with Crippen LogP contribution in [0.15, 0.2) is 36.4 Å². The third kappa shape index (κ3) is 3.24. The van der Waals surface area contributed by atoms with Crippen molar-refractivity contribution in [3.63, 3.8) is 0 Å². The lowest BCUT2D eigenvalue weighted by Gasteiger charge is -2.10. The lowest BCUT2D eigenvalue weighted by Crippen LogP contribution is -2.02. The van der Waals surface area contributed by atoms with Gasteiger partial charge in [0.2, 0.25) is 0 Å². The maximum atomic E-state index is 13.2. The normalized spacial score (nSPS) is 10.0. The molecule has 0 fully saturated rings. The average Bonchev–Trinajstić information content (AvgIpc) is 2.40. The highest BCUT2D eigenvalue weighted by molar-refractivity contribution is 6.32. The fourth-order valence-corrected chi connectivity index (χ4v) is 1.97. The van der Waals surface area contributed by atoms with Crippen molar-refractivity contribution in [1.29, 1.82) is 5.26 Å². The summed E-state index contributed by atoms with van der Waals surface area (Å²) in [5.74, 6) is -0.250. The van der Waals surface area contributed by atoms with Crippen molar-refractivity contribution in [2.75, 3.05) is 5.32 Å². The van der Waals surface area contributed by atoms with Gasteiger partial charge in [0.25, 0.3) is 0 Å². The van der Waals surface area contributed by atoms with Gasteiger partial charge in [0.05, 0.1) is 10.6 Å². The van der Waals surface area contributed by atoms with E-state index in [9.17, 15) is 4.39 Å². The third-order valence-corrected chi connectivity index (χ3v) is 3.20. The van der Waals surface area contributed by atoms with Gasteiger partial charge in [-0.3, -0.25) is 0 Å². The molecule has 1 N–H and O–H groups in total. The van der Waals surface area contributed by atoms with Crippen molar-refractivity contribution >= 4 is 17.3 Å². The smallest absolute Gasteiger partial charge is 0.123 e. The molecule has 0 aliphatic carbocycles. The number of nitriles is 1. The lowest BCUT2D eigenvalue weighted by molar-refractivity contribution is 0.625. The molecule has 96 valence electrons. The van der Waals surface area contributed by atoms with Crippen molar-refractivity contribution in [2.45, 2.75) is 13.5 Å². The summed E-state index contributed by atoms with van der Waals surface area (Å²) in [4.78, 5) is 0. The topological polar surface area (TPSA) is 35.8 Å². The van der Waals surface area contributed by atoms with Gasteiger partial charge < -0.3 is 5.32 Å². The van der Waals surface area contributed by atoms with E-state index in [0.29, 0.717) is 17.1 Å². The van der Waals surface area contributed by atoms with Crippen molar-refractivity contribution in [3.8, 4) is 6.07 Å². The van der Waals surface area contributed by atoms with E-state index in [1.54, 1.807) is 24.3 Å². The molecule has 4 heteroatoms. The third-order valence-electron chi connectivity index (χ3n) is 2.88. The number of nitrogens with zero attached hydrogens (tertiary/aromatic N) is 1. The van der Waals surface area contributed by atoms with E-state index in [2.05, 4.69) is 5.32 Å². The van der Waals surface area contributed by atoms with Gasteiger partial charge in [-0.1, -0.05) is 17.7 Å². The Kier molecular flexibility index (Phi) is 4.03. The SMILES string of the molecule is Cc1ccc(F)cc1CNc1ccc(C#N)c(Cl)c1. The van der Waals surface area contributed by atoms with E-state index in [1.807, 2.05) is 13.0 Å². The molecule has 2 rings (SSSR count). The quantitative estimate of drug-likeness (QED) is 0.907. The van der Waals surface area contributed by atoms with Crippen LogP contribution in [0.4, 0.5) is 10.1 Å². The van der Waals surface area contributed by atoms with Crippen LogP contribution >= 0.6 is 11.6 Å². The van der Waals surface area contributed by atoms with Gasteiger partial charge in [-0.2, -0.15) is 5.26 Å². The van der Waals surface area contributed by atoms with Crippen molar-refractivity contribution in [2.24, 2.45) is 0 Å². The first-order chi connectivity index (χ1) is 9.10. The summed E-state index contributed by atoms with van der Waals surface area (Å²) in [7, 11) is 0. The summed E-state index contributed by atoms with van der Waals surface area (Å²) < 4.78 is 13.2. The van der Waals surface area contributed by atoms with Crippen LogP contribution in [0.2, 0.25) is 5.02 Å². The first kappa shape index (κ1) is 13.4. The number of hydrogen-bond acceptors (Lipinski definition) is 2. The Morgan fingerprint density at radius 2 is 2.05 bits per heavy atom. The molecule has 0 heterocycles. The Labute approximate surface area is 116 Å². The minimum absolute atomic E-state index is 0.250. The van der Waals surface area contributed by atoms with Crippen LogP contribution in [0.1, 0.15) is 16.7 Å². The first-order valence-electron chi connectivity index (χ1n) is 5.78. The second-order valence-electron chi connectivity index (χ2n) is 4.23. The molecule has 0 saturated carbocycles. The molecule has 0 aromatic heterocycles. The lowest BCUT2D eigenvalue weighted by atomic mass is 10.1. The second-order valence-corrected chi connectivity index (χ2v) is 4.64. The summed E-state index contributed by atoms with van der Waals surface area (Å²) in [6.45, 7) is 2.44. The highest BCUT2D eigenvalue weighted by Crippen LogP contribution is 2.21. The average molecular weight is 275 g/mol. The van der Waals surface area contributed by atoms with Crippen molar-refractivity contribution < 1.29 is 4.39 Å². The zero-order chi connectivity index (χ0) is 13.8. The molecule has 0 saturated heterocycles.